The van der Waals surface area contributed by atoms with Crippen LogP contribution >= 0.6 is 11.6 Å². The van der Waals surface area contributed by atoms with Gasteiger partial charge in [0.2, 0.25) is 12.4 Å². The molecule has 0 unspecified atom stereocenters. The smallest absolute Gasteiger partial charge is 0.352 e. The topological polar surface area (TPSA) is 74.2 Å². The molecule has 1 saturated heterocycles. The molecule has 1 aromatic heterocycles. The van der Waals surface area contributed by atoms with Gasteiger partial charge in [-0.05, 0) is 18.2 Å². The molecular formula is C15H14ClF3N6O. The predicted molar refractivity (Wildman–Crippen MR) is 89.4 cm³/mol. The Morgan fingerprint density at radius 2 is 1.92 bits per heavy atom. The highest BCUT2D eigenvalue weighted by molar-refractivity contribution is 6.31. The molecule has 2 aromatic rings. The standard InChI is InChI=1S/C15H14ClF3N6O/c16-12-2-1-10(7-11(12)15(17,18)19)21-14-22-13(8-20-23-14)25-5-3-24(9-26)4-6-25/h1-2,7-9H,3-6H2,(H,21,22,23). The molecule has 11 heteroatoms. The van der Waals surface area contributed by atoms with Crippen molar-refractivity contribution in [3.05, 3.63) is 35.0 Å². The van der Waals surface area contributed by atoms with Gasteiger partial charge in [-0.1, -0.05) is 11.6 Å². The molecule has 0 atom stereocenters. The number of hydrogen-bond acceptors (Lipinski definition) is 6. The van der Waals surface area contributed by atoms with E-state index in [0.717, 1.165) is 18.5 Å². The van der Waals surface area contributed by atoms with E-state index in [1.54, 1.807) is 4.90 Å². The normalized spacial score (nSPS) is 15.1. The van der Waals surface area contributed by atoms with Crippen LogP contribution in [0.1, 0.15) is 5.56 Å². The molecule has 1 fully saturated rings. The van der Waals surface area contributed by atoms with E-state index in [9.17, 15) is 18.0 Å². The van der Waals surface area contributed by atoms with Gasteiger partial charge in [0, 0.05) is 31.9 Å². The highest BCUT2D eigenvalue weighted by atomic mass is 35.5. The summed E-state index contributed by atoms with van der Waals surface area (Å²) in [6.07, 6.45) is -2.31. The molecule has 138 valence electrons. The van der Waals surface area contributed by atoms with E-state index in [4.69, 9.17) is 11.6 Å². The van der Waals surface area contributed by atoms with Crippen molar-refractivity contribution in [3.8, 4) is 0 Å². The highest BCUT2D eigenvalue weighted by Gasteiger charge is 2.33. The molecule has 0 saturated carbocycles. The number of benzene rings is 1. The number of amides is 1. The van der Waals surface area contributed by atoms with Gasteiger partial charge < -0.3 is 15.1 Å². The number of nitrogens with one attached hydrogen (secondary N) is 1. The summed E-state index contributed by atoms with van der Waals surface area (Å²) in [5, 5.41) is 9.95. The second-order valence-electron chi connectivity index (χ2n) is 5.58. The number of aromatic nitrogens is 3. The van der Waals surface area contributed by atoms with Gasteiger partial charge in [-0.15, -0.1) is 5.10 Å². The summed E-state index contributed by atoms with van der Waals surface area (Å²) in [6, 6.07) is 3.44. The van der Waals surface area contributed by atoms with Crippen molar-refractivity contribution in [1.29, 1.82) is 0 Å². The fourth-order valence-corrected chi connectivity index (χ4v) is 2.73. The molecule has 0 aliphatic carbocycles. The van der Waals surface area contributed by atoms with E-state index >= 15 is 0 Å². The first-order valence-electron chi connectivity index (χ1n) is 7.64. The van der Waals surface area contributed by atoms with Crippen LogP contribution in [-0.4, -0.2) is 52.7 Å². The molecule has 7 nitrogen and oxygen atoms in total. The second-order valence-corrected chi connectivity index (χ2v) is 5.99. The van der Waals surface area contributed by atoms with Gasteiger partial charge in [0.1, 0.15) is 0 Å². The number of piperazine rings is 1. The van der Waals surface area contributed by atoms with Crippen LogP contribution in [0.2, 0.25) is 5.02 Å². The van der Waals surface area contributed by atoms with E-state index < -0.39 is 11.7 Å². The average molecular weight is 387 g/mol. The lowest BCUT2D eigenvalue weighted by molar-refractivity contribution is -0.137. The molecule has 1 aliphatic heterocycles. The maximum atomic E-state index is 12.9. The van der Waals surface area contributed by atoms with E-state index in [1.807, 2.05) is 4.90 Å². The number of carbonyl (C=O) groups excluding carboxylic acids is 1. The summed E-state index contributed by atoms with van der Waals surface area (Å²) in [5.74, 6) is 0.592. The monoisotopic (exact) mass is 386 g/mol. The van der Waals surface area contributed by atoms with Crippen LogP contribution in [0.15, 0.2) is 24.4 Å². The number of nitrogens with zero attached hydrogens (tertiary/aromatic N) is 5. The van der Waals surface area contributed by atoms with Crippen molar-refractivity contribution in [3.63, 3.8) is 0 Å². The summed E-state index contributed by atoms with van der Waals surface area (Å²) in [5.41, 5.74) is -0.801. The highest BCUT2D eigenvalue weighted by Crippen LogP contribution is 2.36. The minimum absolute atomic E-state index is 0.0655. The quantitative estimate of drug-likeness (QED) is 0.814. The minimum Gasteiger partial charge on any atom is -0.352 e. The first-order chi connectivity index (χ1) is 12.4. The molecule has 3 rings (SSSR count). The number of anilines is 3. The lowest BCUT2D eigenvalue weighted by Gasteiger charge is -2.33. The molecule has 26 heavy (non-hydrogen) atoms. The first-order valence-corrected chi connectivity index (χ1v) is 8.02. The van der Waals surface area contributed by atoms with Crippen LogP contribution in [0, 0.1) is 0 Å². The van der Waals surface area contributed by atoms with Crippen LogP contribution < -0.4 is 10.2 Å². The van der Waals surface area contributed by atoms with Crippen LogP contribution in [-0.2, 0) is 11.0 Å². The predicted octanol–water partition coefficient (Wildman–Crippen LogP) is 2.57. The Kier molecular flexibility index (Phi) is 5.12. The Morgan fingerprint density at radius 3 is 2.58 bits per heavy atom. The third kappa shape index (κ3) is 4.13. The van der Waals surface area contributed by atoms with Crippen molar-refractivity contribution in [2.45, 2.75) is 6.18 Å². The molecule has 1 aliphatic rings. The van der Waals surface area contributed by atoms with Gasteiger partial charge in [-0.25, -0.2) is 0 Å². The van der Waals surface area contributed by atoms with E-state index in [0.29, 0.717) is 32.0 Å². The molecule has 1 aromatic carbocycles. The van der Waals surface area contributed by atoms with Crippen molar-refractivity contribution in [2.75, 3.05) is 36.4 Å². The van der Waals surface area contributed by atoms with Crippen LogP contribution in [0.4, 0.5) is 30.6 Å². The van der Waals surface area contributed by atoms with Gasteiger partial charge >= 0.3 is 6.18 Å². The van der Waals surface area contributed by atoms with Gasteiger partial charge in [0.15, 0.2) is 5.82 Å². The number of hydrogen-bond donors (Lipinski definition) is 1. The fourth-order valence-electron chi connectivity index (χ4n) is 2.51. The van der Waals surface area contributed by atoms with Crippen LogP contribution in [0.3, 0.4) is 0 Å². The number of carbonyl (C=O) groups is 1. The van der Waals surface area contributed by atoms with Crippen molar-refractivity contribution >= 4 is 35.5 Å². The first kappa shape index (κ1) is 18.2. The van der Waals surface area contributed by atoms with Gasteiger partial charge in [-0.3, -0.25) is 4.79 Å². The number of rotatable bonds is 4. The summed E-state index contributed by atoms with van der Waals surface area (Å²) >= 11 is 5.61. The average Bonchev–Trinajstić information content (AvgIpc) is 2.63. The van der Waals surface area contributed by atoms with Gasteiger partial charge in [-0.2, -0.15) is 23.3 Å². The Bertz CT molecular complexity index is 795. The van der Waals surface area contributed by atoms with Crippen LogP contribution in [0.25, 0.3) is 0 Å². The van der Waals surface area contributed by atoms with E-state index in [1.165, 1.54) is 12.3 Å². The summed E-state index contributed by atoms with van der Waals surface area (Å²) in [7, 11) is 0. The second kappa shape index (κ2) is 7.32. The summed E-state index contributed by atoms with van der Waals surface area (Å²) in [4.78, 5) is 18.6. The Morgan fingerprint density at radius 1 is 1.19 bits per heavy atom. The SMILES string of the molecule is O=CN1CCN(c2cnnc(Nc3ccc(Cl)c(C(F)(F)F)c3)n2)CC1. The van der Waals surface area contributed by atoms with Crippen molar-refractivity contribution in [2.24, 2.45) is 0 Å². The molecule has 0 bridgehead atoms. The van der Waals surface area contributed by atoms with Crippen LogP contribution in [0.5, 0.6) is 0 Å². The third-order valence-corrected chi connectivity index (χ3v) is 4.19. The third-order valence-electron chi connectivity index (χ3n) is 3.86. The van der Waals surface area contributed by atoms with E-state index in [2.05, 4.69) is 20.5 Å². The fraction of sp³-hybridized carbons (Fsp3) is 0.333. The zero-order valence-corrected chi connectivity index (χ0v) is 14.1. The summed E-state index contributed by atoms with van der Waals surface area (Å²) < 4.78 is 38.8. The van der Waals surface area contributed by atoms with Gasteiger partial charge in [0.25, 0.3) is 0 Å². The largest absolute Gasteiger partial charge is 0.417 e. The Balaban J connectivity index is 1.76. The molecule has 1 N–H and O–H groups in total. The lowest BCUT2D eigenvalue weighted by Crippen LogP contribution is -2.46. The zero-order chi connectivity index (χ0) is 18.7. The Hall–Kier alpha value is -2.62. The van der Waals surface area contributed by atoms with Crippen molar-refractivity contribution < 1.29 is 18.0 Å². The van der Waals surface area contributed by atoms with E-state index in [-0.39, 0.29) is 16.7 Å². The van der Waals surface area contributed by atoms with Crippen molar-refractivity contribution in [1.82, 2.24) is 20.1 Å². The minimum atomic E-state index is -4.56. The summed E-state index contributed by atoms with van der Waals surface area (Å²) in [6.45, 7) is 2.27. The molecular weight excluding hydrogens is 373 g/mol. The zero-order valence-electron chi connectivity index (χ0n) is 13.4. The number of halogens is 4. The Labute approximate surface area is 151 Å². The molecule has 1 amide bonds. The molecule has 0 spiro atoms. The van der Waals surface area contributed by atoms with Gasteiger partial charge in [0.05, 0.1) is 16.8 Å². The molecule has 2 heterocycles. The number of alkyl halides is 3. The molecule has 0 radical (unpaired) electrons. The maximum absolute atomic E-state index is 12.9. The maximum Gasteiger partial charge on any atom is 0.417 e. The lowest BCUT2D eigenvalue weighted by atomic mass is 10.2.